The number of aromatic nitrogens is 1. The van der Waals surface area contributed by atoms with E-state index in [4.69, 9.17) is 4.74 Å². The molecular weight excluding hydrogens is 448 g/mol. The summed E-state index contributed by atoms with van der Waals surface area (Å²) >= 11 is 0. The van der Waals surface area contributed by atoms with E-state index >= 15 is 0 Å². The number of hydrogen-bond donors (Lipinski definition) is 2. The molecule has 0 bridgehead atoms. The minimum absolute atomic E-state index is 0. The molecule has 5 nitrogen and oxygen atoms in total. The fraction of sp³-hybridized carbons (Fsp3) is 0.625. The van der Waals surface area contributed by atoms with Gasteiger partial charge in [-0.15, -0.1) is 24.0 Å². The molecule has 2 rings (SSSR count). The molecule has 25 heavy (non-hydrogen) atoms. The minimum atomic E-state index is -4.39. The SMILES string of the molecule is CCNC(=NCCOc1ccc(C(F)(F)F)cn1)NC1CCCC1.I. The summed E-state index contributed by atoms with van der Waals surface area (Å²) in [6.07, 6.45) is 1.15. The smallest absolute Gasteiger partial charge is 0.417 e. The molecule has 1 aliphatic rings. The van der Waals surface area contributed by atoms with Crippen molar-refractivity contribution in [2.45, 2.75) is 44.8 Å². The van der Waals surface area contributed by atoms with Gasteiger partial charge >= 0.3 is 6.18 Å². The molecule has 1 heterocycles. The van der Waals surface area contributed by atoms with Crippen molar-refractivity contribution in [1.82, 2.24) is 15.6 Å². The predicted octanol–water partition coefficient (Wildman–Crippen LogP) is 3.59. The molecule has 0 aliphatic heterocycles. The average molecular weight is 472 g/mol. The van der Waals surface area contributed by atoms with Crippen LogP contribution in [0.25, 0.3) is 0 Å². The van der Waals surface area contributed by atoms with Crippen LogP contribution < -0.4 is 15.4 Å². The van der Waals surface area contributed by atoms with Gasteiger partial charge in [0.25, 0.3) is 0 Å². The lowest BCUT2D eigenvalue weighted by Crippen LogP contribution is -2.42. The zero-order valence-corrected chi connectivity index (χ0v) is 16.4. The van der Waals surface area contributed by atoms with Gasteiger partial charge in [-0.2, -0.15) is 13.2 Å². The third kappa shape index (κ3) is 7.66. The van der Waals surface area contributed by atoms with Gasteiger partial charge in [0.15, 0.2) is 5.96 Å². The Morgan fingerprint density at radius 3 is 2.60 bits per heavy atom. The van der Waals surface area contributed by atoms with Crippen molar-refractivity contribution in [3.05, 3.63) is 23.9 Å². The maximum Gasteiger partial charge on any atom is 0.417 e. The topological polar surface area (TPSA) is 58.5 Å². The first-order valence-electron chi connectivity index (χ1n) is 8.20. The number of aliphatic imine (C=N–C) groups is 1. The fourth-order valence-electron chi connectivity index (χ4n) is 2.52. The van der Waals surface area contributed by atoms with Crippen LogP contribution in [0.3, 0.4) is 0 Å². The molecular formula is C16H24F3IN4O. The largest absolute Gasteiger partial charge is 0.476 e. The van der Waals surface area contributed by atoms with Gasteiger partial charge in [0.2, 0.25) is 5.88 Å². The highest BCUT2D eigenvalue weighted by Crippen LogP contribution is 2.29. The van der Waals surface area contributed by atoms with Crippen LogP contribution in [-0.2, 0) is 6.18 Å². The number of guanidine groups is 1. The Kier molecular flexibility index (Phi) is 9.30. The number of hydrogen-bond acceptors (Lipinski definition) is 3. The van der Waals surface area contributed by atoms with Crippen molar-refractivity contribution in [2.24, 2.45) is 4.99 Å². The molecule has 0 unspecified atom stereocenters. The molecule has 2 N–H and O–H groups in total. The summed E-state index contributed by atoms with van der Waals surface area (Å²) in [7, 11) is 0. The van der Waals surface area contributed by atoms with E-state index in [0.717, 1.165) is 37.6 Å². The van der Waals surface area contributed by atoms with Crippen LogP contribution in [-0.4, -0.2) is 36.7 Å². The highest BCUT2D eigenvalue weighted by Gasteiger charge is 2.30. The van der Waals surface area contributed by atoms with Crippen molar-refractivity contribution >= 4 is 29.9 Å². The van der Waals surface area contributed by atoms with Crippen LogP contribution in [0.15, 0.2) is 23.3 Å². The number of ether oxygens (including phenoxy) is 1. The molecule has 0 aromatic carbocycles. The van der Waals surface area contributed by atoms with Crippen LogP contribution in [0.4, 0.5) is 13.2 Å². The zero-order chi connectivity index (χ0) is 17.4. The zero-order valence-electron chi connectivity index (χ0n) is 14.1. The summed E-state index contributed by atoms with van der Waals surface area (Å²) in [6, 6.07) is 2.63. The second-order valence-electron chi connectivity index (χ2n) is 5.62. The first-order chi connectivity index (χ1) is 11.5. The van der Waals surface area contributed by atoms with Gasteiger partial charge in [0, 0.05) is 24.8 Å². The lowest BCUT2D eigenvalue weighted by Gasteiger charge is -2.16. The van der Waals surface area contributed by atoms with Gasteiger partial charge in [0.05, 0.1) is 12.1 Å². The van der Waals surface area contributed by atoms with Crippen LogP contribution in [0.5, 0.6) is 5.88 Å². The maximum atomic E-state index is 12.4. The van der Waals surface area contributed by atoms with E-state index in [1.54, 1.807) is 0 Å². The number of halogens is 4. The van der Waals surface area contributed by atoms with Crippen molar-refractivity contribution < 1.29 is 17.9 Å². The Hall–Kier alpha value is -1.26. The number of alkyl halides is 3. The standard InChI is InChI=1S/C16H23F3N4O.HI/c1-2-20-15(23-13-5-3-4-6-13)21-9-10-24-14-8-7-12(11-22-14)16(17,18)19;/h7-8,11,13H,2-6,9-10H2,1H3,(H2,20,21,23);1H. The van der Waals surface area contributed by atoms with Crippen molar-refractivity contribution in [1.29, 1.82) is 0 Å². The normalized spacial score (nSPS) is 15.6. The molecule has 1 aromatic rings. The van der Waals surface area contributed by atoms with Crippen molar-refractivity contribution in [3.8, 4) is 5.88 Å². The summed E-state index contributed by atoms with van der Waals surface area (Å²) in [5, 5.41) is 6.56. The lowest BCUT2D eigenvalue weighted by molar-refractivity contribution is -0.137. The summed E-state index contributed by atoms with van der Waals surface area (Å²) in [4.78, 5) is 8.07. The molecule has 1 saturated carbocycles. The van der Waals surface area contributed by atoms with E-state index in [-0.39, 0.29) is 36.5 Å². The Bertz CT molecular complexity index is 531. The summed E-state index contributed by atoms with van der Waals surface area (Å²) in [6.45, 7) is 3.40. The van der Waals surface area contributed by atoms with E-state index in [2.05, 4.69) is 20.6 Å². The number of nitrogens with zero attached hydrogens (tertiary/aromatic N) is 2. The van der Waals surface area contributed by atoms with E-state index in [1.807, 2.05) is 6.92 Å². The Morgan fingerprint density at radius 1 is 1.32 bits per heavy atom. The molecule has 9 heteroatoms. The predicted molar refractivity (Wildman–Crippen MR) is 102 cm³/mol. The molecule has 0 atom stereocenters. The molecule has 0 spiro atoms. The molecule has 0 amide bonds. The molecule has 0 saturated heterocycles. The monoisotopic (exact) mass is 472 g/mol. The number of rotatable bonds is 6. The second-order valence-corrected chi connectivity index (χ2v) is 5.62. The Morgan fingerprint density at radius 2 is 2.04 bits per heavy atom. The average Bonchev–Trinajstić information content (AvgIpc) is 3.04. The lowest BCUT2D eigenvalue weighted by atomic mass is 10.2. The minimum Gasteiger partial charge on any atom is -0.476 e. The van der Waals surface area contributed by atoms with Gasteiger partial charge < -0.3 is 15.4 Å². The molecule has 0 radical (unpaired) electrons. The fourth-order valence-corrected chi connectivity index (χ4v) is 2.52. The van der Waals surface area contributed by atoms with Gasteiger partial charge in [-0.05, 0) is 25.8 Å². The van der Waals surface area contributed by atoms with E-state index < -0.39 is 11.7 Å². The summed E-state index contributed by atoms with van der Waals surface area (Å²) < 4.78 is 42.7. The van der Waals surface area contributed by atoms with E-state index in [0.29, 0.717) is 12.6 Å². The third-order valence-electron chi connectivity index (χ3n) is 3.72. The Balaban J connectivity index is 0.00000312. The maximum absolute atomic E-state index is 12.4. The van der Waals surface area contributed by atoms with Gasteiger partial charge in [-0.1, -0.05) is 12.8 Å². The van der Waals surface area contributed by atoms with Crippen LogP contribution in [0.2, 0.25) is 0 Å². The van der Waals surface area contributed by atoms with E-state index in [1.165, 1.54) is 18.9 Å². The van der Waals surface area contributed by atoms with Crippen molar-refractivity contribution in [2.75, 3.05) is 19.7 Å². The second kappa shape index (κ2) is 10.7. The quantitative estimate of drug-likeness (QED) is 0.288. The number of nitrogens with one attached hydrogen (secondary N) is 2. The number of pyridine rings is 1. The highest BCUT2D eigenvalue weighted by atomic mass is 127. The highest BCUT2D eigenvalue weighted by molar-refractivity contribution is 14.0. The van der Waals surface area contributed by atoms with Gasteiger partial charge in [0.1, 0.15) is 6.61 Å². The molecule has 1 aliphatic carbocycles. The Labute approximate surface area is 162 Å². The van der Waals surface area contributed by atoms with Crippen LogP contribution >= 0.6 is 24.0 Å². The van der Waals surface area contributed by atoms with Gasteiger partial charge in [-0.25, -0.2) is 9.98 Å². The summed E-state index contributed by atoms with van der Waals surface area (Å²) in [5.41, 5.74) is -0.789. The molecule has 142 valence electrons. The summed E-state index contributed by atoms with van der Waals surface area (Å²) in [5.74, 6) is 0.903. The third-order valence-corrected chi connectivity index (χ3v) is 3.72. The van der Waals surface area contributed by atoms with E-state index in [9.17, 15) is 13.2 Å². The van der Waals surface area contributed by atoms with Crippen LogP contribution in [0, 0.1) is 0 Å². The first kappa shape index (κ1) is 21.8. The molecule has 1 fully saturated rings. The van der Waals surface area contributed by atoms with Crippen LogP contribution in [0.1, 0.15) is 38.2 Å². The molecule has 1 aromatic heterocycles. The van der Waals surface area contributed by atoms with Gasteiger partial charge in [-0.3, -0.25) is 0 Å². The first-order valence-corrected chi connectivity index (χ1v) is 8.20. The van der Waals surface area contributed by atoms with Crippen molar-refractivity contribution in [3.63, 3.8) is 0 Å².